The monoisotopic (exact) mass is 385 g/mol. The number of nitrogens with zero attached hydrogens (tertiary/aromatic N) is 1. The fourth-order valence-electron chi connectivity index (χ4n) is 1.99. The molecule has 0 radical (unpaired) electrons. The van der Waals surface area contributed by atoms with Gasteiger partial charge in [-0.1, -0.05) is 18.2 Å². The molecule has 2 aromatic rings. The predicted molar refractivity (Wildman–Crippen MR) is 99.8 cm³/mol. The van der Waals surface area contributed by atoms with Gasteiger partial charge in [0.2, 0.25) is 5.91 Å². The third-order valence-corrected chi connectivity index (χ3v) is 3.27. The molecule has 2 rings (SSSR count). The first-order valence-electron chi connectivity index (χ1n) is 7.96. The number of nitrogens with one attached hydrogen (secondary N) is 2. The van der Waals surface area contributed by atoms with Crippen LogP contribution < -0.4 is 15.4 Å². The summed E-state index contributed by atoms with van der Waals surface area (Å²) in [5.41, 5.74) is 2.23. The first-order valence-corrected chi connectivity index (χ1v) is 7.96. The van der Waals surface area contributed by atoms with Gasteiger partial charge in [-0.05, 0) is 30.3 Å². The lowest BCUT2D eigenvalue weighted by molar-refractivity contribution is -0.159. The SMILES string of the molecule is COc1ccccc1CNCC(=O)Nc1ccc(C#N)cc1.O=C(O)C(=O)O. The maximum absolute atomic E-state index is 11.8. The molecule has 0 atom stereocenters. The van der Waals surface area contributed by atoms with Gasteiger partial charge in [-0.25, -0.2) is 9.59 Å². The fourth-order valence-corrected chi connectivity index (χ4v) is 1.99. The molecular formula is C19H19N3O6. The summed E-state index contributed by atoms with van der Waals surface area (Å²) < 4.78 is 5.25. The molecule has 0 aliphatic carbocycles. The molecule has 9 nitrogen and oxygen atoms in total. The zero-order valence-corrected chi connectivity index (χ0v) is 15.0. The zero-order valence-electron chi connectivity index (χ0n) is 15.0. The second-order valence-corrected chi connectivity index (χ2v) is 5.26. The third kappa shape index (κ3) is 7.99. The summed E-state index contributed by atoms with van der Waals surface area (Å²) in [7, 11) is 1.62. The second-order valence-electron chi connectivity index (χ2n) is 5.26. The summed E-state index contributed by atoms with van der Waals surface area (Å²) in [4.78, 5) is 30.0. The molecule has 0 fully saturated rings. The van der Waals surface area contributed by atoms with E-state index in [-0.39, 0.29) is 12.5 Å². The van der Waals surface area contributed by atoms with Crippen LogP contribution in [0, 0.1) is 11.3 Å². The van der Waals surface area contributed by atoms with E-state index in [2.05, 4.69) is 10.6 Å². The number of ether oxygens (including phenoxy) is 1. The normalized spacial score (nSPS) is 9.29. The lowest BCUT2D eigenvalue weighted by Crippen LogP contribution is -2.27. The van der Waals surface area contributed by atoms with Crippen molar-refractivity contribution in [2.45, 2.75) is 6.54 Å². The molecule has 1 amide bonds. The molecule has 0 saturated carbocycles. The molecule has 0 aliphatic rings. The molecule has 0 aliphatic heterocycles. The van der Waals surface area contributed by atoms with Crippen LogP contribution in [0.15, 0.2) is 48.5 Å². The summed E-state index contributed by atoms with van der Waals surface area (Å²) in [5, 5.41) is 29.3. The lowest BCUT2D eigenvalue weighted by atomic mass is 10.2. The number of hydrogen-bond donors (Lipinski definition) is 4. The van der Waals surface area contributed by atoms with Crippen molar-refractivity contribution in [1.29, 1.82) is 5.26 Å². The number of anilines is 1. The van der Waals surface area contributed by atoms with Crippen LogP contribution in [0.1, 0.15) is 11.1 Å². The average Bonchev–Trinajstić information content (AvgIpc) is 2.69. The minimum atomic E-state index is -1.82. The van der Waals surface area contributed by atoms with Gasteiger partial charge in [0.1, 0.15) is 5.75 Å². The first-order chi connectivity index (χ1) is 13.4. The van der Waals surface area contributed by atoms with Crippen molar-refractivity contribution in [3.05, 3.63) is 59.7 Å². The van der Waals surface area contributed by atoms with Gasteiger partial charge >= 0.3 is 11.9 Å². The van der Waals surface area contributed by atoms with Crippen molar-refractivity contribution in [2.75, 3.05) is 19.0 Å². The Balaban J connectivity index is 0.000000568. The first kappa shape index (κ1) is 22.1. The van der Waals surface area contributed by atoms with Crippen LogP contribution in [0.5, 0.6) is 5.75 Å². The number of carboxylic acids is 2. The third-order valence-electron chi connectivity index (χ3n) is 3.27. The van der Waals surface area contributed by atoms with Gasteiger partial charge in [0.15, 0.2) is 0 Å². The molecule has 0 bridgehead atoms. The van der Waals surface area contributed by atoms with Crippen LogP contribution in [0.2, 0.25) is 0 Å². The van der Waals surface area contributed by atoms with Gasteiger partial charge in [0.25, 0.3) is 0 Å². The molecule has 4 N–H and O–H groups in total. The molecular weight excluding hydrogens is 366 g/mol. The number of carboxylic acid groups (broad SMARTS) is 2. The topological polar surface area (TPSA) is 149 Å². The molecule has 28 heavy (non-hydrogen) atoms. The molecule has 146 valence electrons. The lowest BCUT2D eigenvalue weighted by Gasteiger charge is -2.09. The number of rotatable bonds is 6. The Morgan fingerprint density at radius 1 is 1.04 bits per heavy atom. The smallest absolute Gasteiger partial charge is 0.414 e. The highest BCUT2D eigenvalue weighted by molar-refractivity contribution is 6.27. The summed E-state index contributed by atoms with van der Waals surface area (Å²) in [6.45, 7) is 0.739. The Kier molecular flexibility index (Phi) is 9.22. The van der Waals surface area contributed by atoms with E-state index in [9.17, 15) is 4.79 Å². The molecule has 0 heterocycles. The Morgan fingerprint density at radius 2 is 1.64 bits per heavy atom. The summed E-state index contributed by atoms with van der Waals surface area (Å²) in [6, 6.07) is 16.4. The van der Waals surface area contributed by atoms with Crippen molar-refractivity contribution in [1.82, 2.24) is 5.32 Å². The van der Waals surface area contributed by atoms with E-state index in [4.69, 9.17) is 29.8 Å². The number of carbonyl (C=O) groups is 3. The van der Waals surface area contributed by atoms with Gasteiger partial charge in [0, 0.05) is 17.8 Å². The van der Waals surface area contributed by atoms with E-state index in [1.165, 1.54) is 0 Å². The van der Waals surface area contributed by atoms with Crippen molar-refractivity contribution in [2.24, 2.45) is 0 Å². The van der Waals surface area contributed by atoms with Gasteiger partial charge in [-0.3, -0.25) is 4.79 Å². The predicted octanol–water partition coefficient (Wildman–Crippen LogP) is 1.45. The number of para-hydroxylation sites is 1. The summed E-state index contributed by atoms with van der Waals surface area (Å²) in [5.74, 6) is -2.99. The highest BCUT2D eigenvalue weighted by atomic mass is 16.5. The van der Waals surface area contributed by atoms with E-state index in [1.807, 2.05) is 30.3 Å². The summed E-state index contributed by atoms with van der Waals surface area (Å²) in [6.07, 6.45) is 0. The van der Waals surface area contributed by atoms with Crippen LogP contribution in [0.25, 0.3) is 0 Å². The van der Waals surface area contributed by atoms with E-state index in [1.54, 1.807) is 31.4 Å². The fraction of sp³-hybridized carbons (Fsp3) is 0.158. The van der Waals surface area contributed by atoms with Gasteiger partial charge in [0.05, 0.1) is 25.3 Å². The molecule has 0 spiro atoms. The average molecular weight is 385 g/mol. The van der Waals surface area contributed by atoms with Crippen LogP contribution >= 0.6 is 0 Å². The van der Waals surface area contributed by atoms with Crippen LogP contribution in [-0.2, 0) is 20.9 Å². The Bertz CT molecular complexity index is 847. The minimum absolute atomic E-state index is 0.139. The molecule has 2 aromatic carbocycles. The second kappa shape index (κ2) is 11.7. The maximum atomic E-state index is 11.8. The van der Waals surface area contributed by atoms with E-state index in [0.717, 1.165) is 11.3 Å². The van der Waals surface area contributed by atoms with Crippen molar-refractivity contribution >= 4 is 23.5 Å². The number of hydrogen-bond acceptors (Lipinski definition) is 6. The number of carbonyl (C=O) groups excluding carboxylic acids is 1. The highest BCUT2D eigenvalue weighted by Gasteiger charge is 2.05. The van der Waals surface area contributed by atoms with E-state index < -0.39 is 11.9 Å². The van der Waals surface area contributed by atoms with E-state index in [0.29, 0.717) is 17.8 Å². The molecule has 0 unspecified atom stereocenters. The van der Waals surface area contributed by atoms with Crippen molar-refractivity contribution in [3.63, 3.8) is 0 Å². The Hall–Kier alpha value is -3.90. The Labute approximate surface area is 161 Å². The van der Waals surface area contributed by atoms with Crippen LogP contribution in [0.4, 0.5) is 5.69 Å². The van der Waals surface area contributed by atoms with Gasteiger partial charge in [-0.15, -0.1) is 0 Å². The largest absolute Gasteiger partial charge is 0.496 e. The highest BCUT2D eigenvalue weighted by Crippen LogP contribution is 2.16. The molecule has 9 heteroatoms. The van der Waals surface area contributed by atoms with Gasteiger partial charge < -0.3 is 25.6 Å². The summed E-state index contributed by atoms with van der Waals surface area (Å²) >= 11 is 0. The maximum Gasteiger partial charge on any atom is 0.414 e. The number of amides is 1. The van der Waals surface area contributed by atoms with E-state index >= 15 is 0 Å². The number of nitriles is 1. The van der Waals surface area contributed by atoms with Gasteiger partial charge in [-0.2, -0.15) is 5.26 Å². The number of benzene rings is 2. The number of aliphatic carboxylic acids is 2. The standard InChI is InChI=1S/C17H17N3O2.C2H2O4/c1-22-16-5-3-2-4-14(16)11-19-12-17(21)20-15-8-6-13(10-18)7-9-15;3-1(4)2(5)6/h2-9,19H,11-12H2,1H3,(H,20,21);(H,3,4)(H,5,6). The number of methoxy groups -OCH3 is 1. The van der Waals surface area contributed by atoms with Crippen molar-refractivity contribution < 1.29 is 29.3 Å². The minimum Gasteiger partial charge on any atom is -0.496 e. The Morgan fingerprint density at radius 3 is 2.18 bits per heavy atom. The van der Waals surface area contributed by atoms with Crippen LogP contribution in [0.3, 0.4) is 0 Å². The van der Waals surface area contributed by atoms with Crippen LogP contribution in [-0.4, -0.2) is 41.7 Å². The molecule has 0 saturated heterocycles. The van der Waals surface area contributed by atoms with Crippen molar-refractivity contribution in [3.8, 4) is 11.8 Å². The quantitative estimate of drug-likeness (QED) is 0.546. The zero-order chi connectivity index (χ0) is 20.9. The molecule has 0 aromatic heterocycles.